The standard InChI is InChI=1S/C9H10N4O6P.Na/c14-12(15)7-2-3-8(9(6-7)13(16)17)11-10-4-1-5-19-20-18;/h2-4,6,11,20H,1,5H2;/q+1;. The molecule has 12 heteroatoms. The fourth-order valence-corrected chi connectivity index (χ4v) is 1.41. The second kappa shape index (κ2) is 10.3. The first-order chi connectivity index (χ1) is 9.56. The van der Waals surface area contributed by atoms with Crippen molar-refractivity contribution in [3.05, 3.63) is 38.4 Å². The molecule has 1 N–H and O–H groups in total. The summed E-state index contributed by atoms with van der Waals surface area (Å²) >= 11 is 0. The number of nitrogens with one attached hydrogen (secondary N) is 1. The van der Waals surface area contributed by atoms with Gasteiger partial charge in [0.1, 0.15) is 12.3 Å². The number of hydrazone groups is 1. The molecule has 0 aliphatic rings. The van der Waals surface area contributed by atoms with E-state index >= 15 is 0 Å². The van der Waals surface area contributed by atoms with Crippen LogP contribution >= 0.6 is 8.69 Å². The van der Waals surface area contributed by atoms with Gasteiger partial charge in [-0.1, -0.05) is 0 Å². The zero-order valence-corrected chi connectivity index (χ0v) is 14.0. The zero-order valence-electron chi connectivity index (χ0n) is 11.0. The molecule has 21 heavy (non-hydrogen) atoms. The molecule has 10 nitrogen and oxygen atoms in total. The van der Waals surface area contributed by atoms with Crippen LogP contribution in [-0.2, 0) is 9.09 Å². The van der Waals surface area contributed by atoms with Gasteiger partial charge in [-0.3, -0.25) is 25.7 Å². The fraction of sp³-hybridized carbons (Fsp3) is 0.222. The van der Waals surface area contributed by atoms with Crippen LogP contribution in [0.15, 0.2) is 23.3 Å². The van der Waals surface area contributed by atoms with E-state index in [2.05, 4.69) is 15.1 Å². The summed E-state index contributed by atoms with van der Waals surface area (Å²) in [6.45, 7) is 0.204. The minimum atomic E-state index is -0.852. The van der Waals surface area contributed by atoms with E-state index in [-0.39, 0.29) is 47.5 Å². The number of nitro groups is 2. The Kier molecular flexibility index (Phi) is 9.59. The molecule has 107 valence electrons. The molecule has 1 rings (SSSR count). The van der Waals surface area contributed by atoms with Crippen molar-refractivity contribution in [3.8, 4) is 0 Å². The molecule has 1 radical (unpaired) electrons. The number of benzene rings is 1. The van der Waals surface area contributed by atoms with Crippen LogP contribution in [0.1, 0.15) is 6.42 Å². The van der Waals surface area contributed by atoms with E-state index in [1.807, 2.05) is 0 Å². The van der Waals surface area contributed by atoms with E-state index in [1.54, 1.807) is 0 Å². The fourth-order valence-electron chi connectivity index (χ4n) is 1.21. The molecular weight excluding hydrogens is 314 g/mol. The van der Waals surface area contributed by atoms with Crippen LogP contribution in [-0.4, -0.2) is 52.2 Å². The quantitative estimate of drug-likeness (QED) is 0.192. The Morgan fingerprint density at radius 2 is 2.05 bits per heavy atom. The van der Waals surface area contributed by atoms with Crippen LogP contribution in [0.5, 0.6) is 0 Å². The van der Waals surface area contributed by atoms with Gasteiger partial charge in [-0.2, -0.15) is 5.10 Å². The maximum atomic E-state index is 10.8. The topological polar surface area (TPSA) is 137 Å². The van der Waals surface area contributed by atoms with Crippen LogP contribution < -0.4 is 5.43 Å². The van der Waals surface area contributed by atoms with Gasteiger partial charge in [0.05, 0.1) is 15.9 Å². The van der Waals surface area contributed by atoms with Crippen molar-refractivity contribution in [2.24, 2.45) is 5.10 Å². The molecule has 1 unspecified atom stereocenters. The summed E-state index contributed by atoms with van der Waals surface area (Å²) in [5.41, 5.74) is 1.61. The summed E-state index contributed by atoms with van der Waals surface area (Å²) in [5, 5.41) is 25.1. The van der Waals surface area contributed by atoms with Crippen LogP contribution in [0.3, 0.4) is 0 Å². The maximum absolute atomic E-state index is 10.8. The first-order valence-electron chi connectivity index (χ1n) is 5.25. The second-order valence-corrected chi connectivity index (χ2v) is 3.81. The molecule has 0 spiro atoms. The Hall–Kier alpha value is -1.45. The first-order valence-corrected chi connectivity index (χ1v) is 6.07. The molecule has 0 saturated heterocycles. The average molecular weight is 324 g/mol. The summed E-state index contributed by atoms with van der Waals surface area (Å²) in [5.74, 6) is 0. The molecule has 0 saturated carbocycles. The number of nitrogens with zero attached hydrogens (tertiary/aromatic N) is 3. The Bertz CT molecular complexity index is 555. The largest absolute Gasteiger partial charge is 0.494 e. The molecule has 1 atom stereocenters. The predicted octanol–water partition coefficient (Wildman–Crippen LogP) is 1.87. The Labute approximate surface area is 142 Å². The minimum absolute atomic E-state index is 0. The third-order valence-corrected chi connectivity index (χ3v) is 2.40. The Balaban J connectivity index is 0.00000400. The summed E-state index contributed by atoms with van der Waals surface area (Å²) in [6.07, 6.45) is 1.74. The van der Waals surface area contributed by atoms with Gasteiger partial charge < -0.3 is 0 Å². The maximum Gasteiger partial charge on any atom is 0.494 e. The Morgan fingerprint density at radius 3 is 2.62 bits per heavy atom. The van der Waals surface area contributed by atoms with Gasteiger partial charge in [-0.05, 0) is 10.6 Å². The number of nitro benzene ring substituents is 2. The third kappa shape index (κ3) is 6.69. The molecule has 1 aromatic carbocycles. The van der Waals surface area contributed by atoms with E-state index < -0.39 is 24.2 Å². The number of rotatable bonds is 8. The van der Waals surface area contributed by atoms with Gasteiger partial charge >= 0.3 is 14.4 Å². The van der Waals surface area contributed by atoms with E-state index in [1.165, 1.54) is 12.3 Å². The van der Waals surface area contributed by atoms with Crippen LogP contribution in [0, 0.1) is 20.2 Å². The SMILES string of the molecule is O=[PH+]OCCC=NNc1ccc([N+](=O)[O-])cc1[N+](=O)[O-].[Na]. The zero-order chi connectivity index (χ0) is 15.0. The first kappa shape index (κ1) is 19.6. The third-order valence-electron chi connectivity index (χ3n) is 2.07. The van der Waals surface area contributed by atoms with Crippen LogP contribution in [0.2, 0.25) is 0 Å². The van der Waals surface area contributed by atoms with Gasteiger partial charge in [0, 0.05) is 48.3 Å². The second-order valence-electron chi connectivity index (χ2n) is 3.36. The van der Waals surface area contributed by atoms with Crippen molar-refractivity contribution in [2.75, 3.05) is 12.0 Å². The molecule has 0 heterocycles. The van der Waals surface area contributed by atoms with Crippen LogP contribution in [0.25, 0.3) is 0 Å². The van der Waals surface area contributed by atoms with Crippen molar-refractivity contribution in [1.29, 1.82) is 0 Å². The predicted molar refractivity (Wildman–Crippen MR) is 77.2 cm³/mol. The van der Waals surface area contributed by atoms with E-state index in [9.17, 15) is 24.8 Å². The Morgan fingerprint density at radius 1 is 1.33 bits per heavy atom. The molecule has 0 aromatic heterocycles. The number of hydrogen-bond donors (Lipinski definition) is 1. The van der Waals surface area contributed by atoms with Gasteiger partial charge in [0.2, 0.25) is 0 Å². The molecule has 0 aliphatic carbocycles. The molecule has 0 amide bonds. The van der Waals surface area contributed by atoms with E-state index in [4.69, 9.17) is 0 Å². The van der Waals surface area contributed by atoms with E-state index in [0.717, 1.165) is 12.1 Å². The number of hydrogen-bond acceptors (Lipinski definition) is 8. The summed E-state index contributed by atoms with van der Waals surface area (Å²) in [6, 6.07) is 3.18. The summed E-state index contributed by atoms with van der Waals surface area (Å²) in [4.78, 5) is 19.9. The average Bonchev–Trinajstić information content (AvgIpc) is 2.42. The van der Waals surface area contributed by atoms with Crippen molar-refractivity contribution >= 4 is 61.5 Å². The van der Waals surface area contributed by atoms with Crippen molar-refractivity contribution in [1.82, 2.24) is 0 Å². The van der Waals surface area contributed by atoms with Gasteiger partial charge in [0.25, 0.3) is 5.69 Å². The monoisotopic (exact) mass is 324 g/mol. The summed E-state index contributed by atoms with van der Waals surface area (Å²) < 4.78 is 14.6. The molecule has 1 aromatic rings. The van der Waals surface area contributed by atoms with Gasteiger partial charge in [-0.15, -0.1) is 4.52 Å². The van der Waals surface area contributed by atoms with Gasteiger partial charge in [-0.25, -0.2) is 0 Å². The van der Waals surface area contributed by atoms with Crippen molar-refractivity contribution in [2.45, 2.75) is 6.42 Å². The number of anilines is 1. The van der Waals surface area contributed by atoms with Crippen molar-refractivity contribution < 1.29 is 18.9 Å². The summed E-state index contributed by atoms with van der Waals surface area (Å²) in [7, 11) is -0.852. The van der Waals surface area contributed by atoms with Gasteiger partial charge in [0.15, 0.2) is 0 Å². The van der Waals surface area contributed by atoms with Crippen molar-refractivity contribution in [3.63, 3.8) is 0 Å². The molecule has 0 aliphatic heterocycles. The normalized spacial score (nSPS) is 10.3. The molecular formula is C9H10N4NaO6P+. The smallest absolute Gasteiger partial charge is 0.272 e. The molecule has 0 fully saturated rings. The van der Waals surface area contributed by atoms with E-state index in [0.29, 0.717) is 6.42 Å². The number of non-ortho nitro benzene ring substituents is 1. The van der Waals surface area contributed by atoms with Crippen LogP contribution in [0.4, 0.5) is 17.1 Å². The minimum Gasteiger partial charge on any atom is -0.272 e. The molecule has 0 bridgehead atoms.